The van der Waals surface area contributed by atoms with E-state index in [4.69, 9.17) is 21.7 Å². The molecule has 1 rings (SSSR count). The van der Waals surface area contributed by atoms with Crippen LogP contribution in [0.2, 0.25) is 0 Å². The zero-order valence-electron chi connectivity index (χ0n) is 10.1. The van der Waals surface area contributed by atoms with Crippen molar-refractivity contribution in [3.8, 4) is 0 Å². The van der Waals surface area contributed by atoms with Crippen LogP contribution in [-0.4, -0.2) is 24.2 Å². The lowest BCUT2D eigenvalue weighted by Gasteiger charge is -2.18. The van der Waals surface area contributed by atoms with Gasteiger partial charge in [-0.15, -0.1) is 0 Å². The van der Waals surface area contributed by atoms with Gasteiger partial charge in [0, 0.05) is 19.9 Å². The summed E-state index contributed by atoms with van der Waals surface area (Å²) in [4.78, 5) is 7.48. The van der Waals surface area contributed by atoms with E-state index in [0.29, 0.717) is 17.2 Å². The van der Waals surface area contributed by atoms with Crippen LogP contribution in [0, 0.1) is 10.6 Å². The molecular formula is C11H18N2O2S. The standard InChI is InChI=1S/C11H18N2O2S/c1-7(2)10(15-4)11-12-8(6-14-3)5-9(16)13-11/h5,7,10H,6H2,1-4H3,(H,12,13,16). The summed E-state index contributed by atoms with van der Waals surface area (Å²) in [6, 6.07) is 1.80. The third-order valence-electron chi connectivity index (χ3n) is 2.25. The quantitative estimate of drug-likeness (QED) is 0.806. The van der Waals surface area contributed by atoms with Gasteiger partial charge in [-0.1, -0.05) is 26.1 Å². The van der Waals surface area contributed by atoms with Gasteiger partial charge in [0.05, 0.1) is 6.61 Å². The molecule has 0 bridgehead atoms. The zero-order valence-corrected chi connectivity index (χ0v) is 10.9. The summed E-state index contributed by atoms with van der Waals surface area (Å²) in [6.07, 6.45) is -0.0708. The molecule has 0 saturated carbocycles. The van der Waals surface area contributed by atoms with Crippen molar-refractivity contribution < 1.29 is 9.47 Å². The number of nitrogens with one attached hydrogen (secondary N) is 1. The van der Waals surface area contributed by atoms with E-state index in [1.54, 1.807) is 20.3 Å². The van der Waals surface area contributed by atoms with Crippen molar-refractivity contribution in [2.45, 2.75) is 26.6 Å². The van der Waals surface area contributed by atoms with Crippen LogP contribution < -0.4 is 0 Å². The van der Waals surface area contributed by atoms with Crippen LogP contribution >= 0.6 is 12.2 Å². The highest BCUT2D eigenvalue weighted by Gasteiger charge is 2.17. The molecule has 1 aromatic rings. The largest absolute Gasteiger partial charge is 0.378 e. The Labute approximate surface area is 101 Å². The van der Waals surface area contributed by atoms with Gasteiger partial charge in [0.1, 0.15) is 16.6 Å². The topological polar surface area (TPSA) is 47.1 Å². The molecule has 5 heteroatoms. The van der Waals surface area contributed by atoms with E-state index in [0.717, 1.165) is 11.5 Å². The Bertz CT molecular complexity index is 390. The molecule has 0 aliphatic heterocycles. The molecule has 1 atom stereocenters. The average Bonchev–Trinajstić information content (AvgIpc) is 2.17. The third kappa shape index (κ3) is 3.37. The highest BCUT2D eigenvalue weighted by atomic mass is 32.1. The van der Waals surface area contributed by atoms with Crippen molar-refractivity contribution >= 4 is 12.2 Å². The van der Waals surface area contributed by atoms with Gasteiger partial charge in [-0.3, -0.25) is 0 Å². The van der Waals surface area contributed by atoms with Crippen LogP contribution in [0.5, 0.6) is 0 Å². The Hall–Kier alpha value is -0.780. The molecule has 1 unspecified atom stereocenters. The number of ether oxygens (including phenoxy) is 2. The fourth-order valence-electron chi connectivity index (χ4n) is 1.60. The van der Waals surface area contributed by atoms with E-state index < -0.39 is 0 Å². The first-order chi connectivity index (χ1) is 7.58. The molecule has 0 saturated heterocycles. The van der Waals surface area contributed by atoms with Gasteiger partial charge in [-0.25, -0.2) is 4.98 Å². The van der Waals surface area contributed by atoms with Crippen molar-refractivity contribution in [1.82, 2.24) is 9.97 Å². The maximum absolute atomic E-state index is 5.41. The summed E-state index contributed by atoms with van der Waals surface area (Å²) in [5.74, 6) is 1.10. The fraction of sp³-hybridized carbons (Fsp3) is 0.636. The first-order valence-corrected chi connectivity index (χ1v) is 5.61. The second-order valence-electron chi connectivity index (χ2n) is 3.96. The van der Waals surface area contributed by atoms with E-state index in [2.05, 4.69) is 23.8 Å². The van der Waals surface area contributed by atoms with Gasteiger partial charge in [0.15, 0.2) is 0 Å². The smallest absolute Gasteiger partial charge is 0.137 e. The zero-order chi connectivity index (χ0) is 12.1. The van der Waals surface area contributed by atoms with Crippen molar-refractivity contribution in [1.29, 1.82) is 0 Å². The minimum absolute atomic E-state index is 0.0708. The molecule has 16 heavy (non-hydrogen) atoms. The van der Waals surface area contributed by atoms with E-state index in [1.807, 2.05) is 0 Å². The first kappa shape index (κ1) is 13.3. The monoisotopic (exact) mass is 242 g/mol. The molecule has 0 radical (unpaired) electrons. The maximum Gasteiger partial charge on any atom is 0.137 e. The second kappa shape index (κ2) is 6.08. The van der Waals surface area contributed by atoms with Crippen LogP contribution in [0.25, 0.3) is 0 Å². The third-order valence-corrected chi connectivity index (χ3v) is 2.45. The molecule has 0 amide bonds. The lowest BCUT2D eigenvalue weighted by molar-refractivity contribution is 0.0567. The lowest BCUT2D eigenvalue weighted by atomic mass is 10.1. The van der Waals surface area contributed by atoms with Crippen LogP contribution in [0.15, 0.2) is 6.07 Å². The van der Waals surface area contributed by atoms with Crippen LogP contribution in [0.1, 0.15) is 31.5 Å². The first-order valence-electron chi connectivity index (χ1n) is 5.20. The van der Waals surface area contributed by atoms with E-state index in [1.165, 1.54) is 0 Å². The number of aromatic amines is 1. The molecule has 0 aliphatic carbocycles. The highest BCUT2D eigenvalue weighted by molar-refractivity contribution is 7.71. The minimum atomic E-state index is -0.0708. The summed E-state index contributed by atoms with van der Waals surface area (Å²) >= 11 is 5.11. The SMILES string of the molecule is COCc1cc(=S)nc(C(OC)C(C)C)[nH]1. The molecule has 90 valence electrons. The van der Waals surface area contributed by atoms with Gasteiger partial charge in [0.2, 0.25) is 0 Å². The van der Waals surface area contributed by atoms with Gasteiger partial charge in [-0.05, 0) is 12.0 Å². The molecule has 4 nitrogen and oxygen atoms in total. The number of methoxy groups -OCH3 is 2. The molecule has 1 heterocycles. The number of nitrogens with zero attached hydrogens (tertiary/aromatic N) is 1. The number of H-pyrrole nitrogens is 1. The number of aromatic nitrogens is 2. The van der Waals surface area contributed by atoms with E-state index >= 15 is 0 Å². The predicted molar refractivity (Wildman–Crippen MR) is 64.7 cm³/mol. The fourth-order valence-corrected chi connectivity index (χ4v) is 1.84. The number of hydrogen-bond donors (Lipinski definition) is 1. The lowest BCUT2D eigenvalue weighted by Crippen LogP contribution is -2.14. The van der Waals surface area contributed by atoms with Gasteiger partial charge < -0.3 is 14.5 Å². The van der Waals surface area contributed by atoms with Crippen molar-refractivity contribution in [3.63, 3.8) is 0 Å². The van der Waals surface area contributed by atoms with Crippen LogP contribution in [-0.2, 0) is 16.1 Å². The van der Waals surface area contributed by atoms with Crippen LogP contribution in [0.4, 0.5) is 0 Å². The molecule has 0 aliphatic rings. The highest BCUT2D eigenvalue weighted by Crippen LogP contribution is 2.21. The van der Waals surface area contributed by atoms with Gasteiger partial charge in [-0.2, -0.15) is 0 Å². The maximum atomic E-state index is 5.41. The van der Waals surface area contributed by atoms with Crippen molar-refractivity contribution in [2.24, 2.45) is 5.92 Å². The summed E-state index contributed by atoms with van der Waals surface area (Å²) < 4.78 is 11.0. The van der Waals surface area contributed by atoms with Crippen LogP contribution in [0.3, 0.4) is 0 Å². The molecule has 0 fully saturated rings. The van der Waals surface area contributed by atoms with E-state index in [9.17, 15) is 0 Å². The minimum Gasteiger partial charge on any atom is -0.378 e. The molecular weight excluding hydrogens is 224 g/mol. The van der Waals surface area contributed by atoms with Gasteiger partial charge in [0.25, 0.3) is 0 Å². The Morgan fingerprint density at radius 2 is 2.12 bits per heavy atom. The Morgan fingerprint density at radius 3 is 2.62 bits per heavy atom. The molecule has 0 spiro atoms. The van der Waals surface area contributed by atoms with E-state index in [-0.39, 0.29) is 6.10 Å². The van der Waals surface area contributed by atoms with Crippen molar-refractivity contribution in [3.05, 3.63) is 22.2 Å². The normalized spacial score (nSPS) is 13.1. The Balaban J connectivity index is 3.07. The predicted octanol–water partition coefficient (Wildman–Crippen LogP) is 2.63. The Kier molecular flexibility index (Phi) is 5.05. The second-order valence-corrected chi connectivity index (χ2v) is 4.38. The number of hydrogen-bond acceptors (Lipinski definition) is 4. The molecule has 1 aromatic heterocycles. The van der Waals surface area contributed by atoms with Gasteiger partial charge >= 0.3 is 0 Å². The summed E-state index contributed by atoms with van der Waals surface area (Å²) in [6.45, 7) is 4.65. The molecule has 1 N–H and O–H groups in total. The summed E-state index contributed by atoms with van der Waals surface area (Å²) in [5, 5.41) is 0. The number of rotatable bonds is 5. The average molecular weight is 242 g/mol. The summed E-state index contributed by atoms with van der Waals surface area (Å²) in [7, 11) is 3.32. The Morgan fingerprint density at radius 1 is 1.44 bits per heavy atom. The van der Waals surface area contributed by atoms with Crippen molar-refractivity contribution in [2.75, 3.05) is 14.2 Å². The molecule has 0 aromatic carbocycles. The summed E-state index contributed by atoms with van der Waals surface area (Å²) in [5.41, 5.74) is 0.917.